The molecule has 0 heterocycles. The number of amides is 1. The van der Waals surface area contributed by atoms with Crippen LogP contribution in [0.25, 0.3) is 0 Å². The van der Waals surface area contributed by atoms with Crippen molar-refractivity contribution >= 4 is 62.3 Å². The zero-order valence-electron chi connectivity index (χ0n) is 16.6. The van der Waals surface area contributed by atoms with E-state index in [4.69, 9.17) is 46.4 Å². The molecule has 0 unspecified atom stereocenters. The van der Waals surface area contributed by atoms with Crippen molar-refractivity contribution in [1.82, 2.24) is 9.62 Å². The van der Waals surface area contributed by atoms with E-state index >= 15 is 0 Å². The van der Waals surface area contributed by atoms with E-state index < -0.39 is 22.5 Å². The van der Waals surface area contributed by atoms with E-state index in [1.54, 1.807) is 36.4 Å². The molecule has 168 valence electrons. The zero-order chi connectivity index (χ0) is 23.3. The second-order valence-electron chi connectivity index (χ2n) is 6.87. The summed E-state index contributed by atoms with van der Waals surface area (Å²) in [7, 11) is -4.02. The molecule has 0 aliphatic carbocycles. The number of hydrogen-bond donors (Lipinski definition) is 1. The molecule has 1 amide bonds. The number of halogens is 4. The molecule has 0 saturated carbocycles. The Kier molecular flexibility index (Phi) is 8.44. The van der Waals surface area contributed by atoms with Gasteiger partial charge in [0.1, 0.15) is 0 Å². The van der Waals surface area contributed by atoms with Gasteiger partial charge in [-0.2, -0.15) is 4.31 Å². The van der Waals surface area contributed by atoms with Crippen LogP contribution in [0.5, 0.6) is 0 Å². The Labute approximate surface area is 206 Å². The van der Waals surface area contributed by atoms with Crippen LogP contribution in [0.2, 0.25) is 20.1 Å². The highest BCUT2D eigenvalue weighted by Crippen LogP contribution is 2.25. The molecule has 0 atom stereocenters. The van der Waals surface area contributed by atoms with Gasteiger partial charge in [-0.25, -0.2) is 8.42 Å². The minimum absolute atomic E-state index is 0.0116. The molecule has 3 aromatic carbocycles. The Morgan fingerprint density at radius 2 is 1.38 bits per heavy atom. The number of carbonyl (C=O) groups excluding carboxylic acids is 1. The third-order valence-corrected chi connectivity index (χ3v) is 7.43. The van der Waals surface area contributed by atoms with Crippen molar-refractivity contribution in [3.05, 3.63) is 97.9 Å². The normalized spacial score (nSPS) is 11.5. The number of sulfonamides is 1. The molecule has 0 saturated heterocycles. The topological polar surface area (TPSA) is 66.5 Å². The fourth-order valence-electron chi connectivity index (χ4n) is 2.84. The van der Waals surface area contributed by atoms with Gasteiger partial charge in [0.2, 0.25) is 15.9 Å². The lowest BCUT2D eigenvalue weighted by molar-refractivity contribution is -0.121. The largest absolute Gasteiger partial charge is 0.351 e. The average Bonchev–Trinajstić information content (AvgIpc) is 2.75. The fraction of sp³-hybridized carbons (Fsp3) is 0.136. The first kappa shape index (κ1) is 24.8. The molecule has 0 bridgehead atoms. The average molecular weight is 532 g/mol. The predicted molar refractivity (Wildman–Crippen MR) is 129 cm³/mol. The van der Waals surface area contributed by atoms with Crippen LogP contribution in [0, 0.1) is 0 Å². The molecule has 10 heteroatoms. The molecule has 0 spiro atoms. The number of carbonyl (C=O) groups is 1. The highest BCUT2D eigenvalue weighted by molar-refractivity contribution is 7.89. The summed E-state index contributed by atoms with van der Waals surface area (Å²) >= 11 is 24.0. The molecule has 5 nitrogen and oxygen atoms in total. The molecular weight excluding hydrogens is 514 g/mol. The third-order valence-electron chi connectivity index (χ3n) is 4.54. The van der Waals surface area contributed by atoms with E-state index in [1.807, 2.05) is 0 Å². The molecule has 0 fully saturated rings. The van der Waals surface area contributed by atoms with Gasteiger partial charge in [-0.05, 0) is 59.7 Å². The number of nitrogens with zero attached hydrogens (tertiary/aromatic N) is 1. The molecule has 0 aromatic heterocycles. The van der Waals surface area contributed by atoms with Gasteiger partial charge in [0.05, 0.1) is 11.4 Å². The first-order valence-electron chi connectivity index (χ1n) is 9.36. The molecule has 3 rings (SSSR count). The van der Waals surface area contributed by atoms with E-state index in [-0.39, 0.29) is 18.0 Å². The van der Waals surface area contributed by atoms with Gasteiger partial charge in [0.15, 0.2) is 0 Å². The van der Waals surface area contributed by atoms with Crippen molar-refractivity contribution in [3.63, 3.8) is 0 Å². The maximum Gasteiger partial charge on any atom is 0.243 e. The van der Waals surface area contributed by atoms with Crippen LogP contribution in [0.15, 0.2) is 71.6 Å². The van der Waals surface area contributed by atoms with Crippen LogP contribution in [0.3, 0.4) is 0 Å². The van der Waals surface area contributed by atoms with E-state index in [0.717, 1.165) is 9.87 Å². The number of hydrogen-bond acceptors (Lipinski definition) is 3. The van der Waals surface area contributed by atoms with Gasteiger partial charge in [-0.15, -0.1) is 0 Å². The second kappa shape index (κ2) is 10.9. The molecule has 32 heavy (non-hydrogen) atoms. The van der Waals surface area contributed by atoms with Crippen LogP contribution >= 0.6 is 46.4 Å². The molecule has 3 aromatic rings. The number of benzene rings is 3. The van der Waals surface area contributed by atoms with Crippen LogP contribution < -0.4 is 5.32 Å². The van der Waals surface area contributed by atoms with Crippen LogP contribution in [0.1, 0.15) is 11.1 Å². The van der Waals surface area contributed by atoms with Gasteiger partial charge in [-0.1, -0.05) is 64.6 Å². The van der Waals surface area contributed by atoms with E-state index in [9.17, 15) is 13.2 Å². The van der Waals surface area contributed by atoms with E-state index in [0.29, 0.717) is 25.7 Å². The molecule has 1 N–H and O–H groups in total. The molecule has 0 aliphatic heterocycles. The summed E-state index contributed by atoms with van der Waals surface area (Å²) in [5.41, 5.74) is 1.34. The van der Waals surface area contributed by atoms with Crippen LogP contribution in [-0.4, -0.2) is 25.2 Å². The number of rotatable bonds is 8. The molecular formula is C22H18Cl4N2O3S. The Morgan fingerprint density at radius 1 is 0.812 bits per heavy atom. The fourth-order valence-corrected chi connectivity index (χ4v) is 4.94. The lowest BCUT2D eigenvalue weighted by Crippen LogP contribution is -2.40. The summed E-state index contributed by atoms with van der Waals surface area (Å²) in [5, 5.41) is 4.44. The lowest BCUT2D eigenvalue weighted by Gasteiger charge is -2.22. The standard InChI is InChI=1S/C22H18Cl4N2O3S/c23-17-4-1-15(2-5-17)12-27-22(29)14-28(13-16-3-6-19(25)11-21(16)26)32(30,31)20-9-7-18(24)8-10-20/h1-11H,12-14H2,(H,27,29). The van der Waals surface area contributed by atoms with Gasteiger partial charge in [0, 0.05) is 33.2 Å². The van der Waals surface area contributed by atoms with E-state index in [1.165, 1.54) is 30.3 Å². The second-order valence-corrected chi connectivity index (χ2v) is 10.5. The van der Waals surface area contributed by atoms with Gasteiger partial charge in [-0.3, -0.25) is 4.79 Å². The zero-order valence-corrected chi connectivity index (χ0v) is 20.4. The smallest absolute Gasteiger partial charge is 0.243 e. The maximum absolute atomic E-state index is 13.3. The van der Waals surface area contributed by atoms with Crippen molar-refractivity contribution in [2.45, 2.75) is 18.0 Å². The van der Waals surface area contributed by atoms with Crippen molar-refractivity contribution in [1.29, 1.82) is 0 Å². The third kappa shape index (κ3) is 6.61. The van der Waals surface area contributed by atoms with Crippen molar-refractivity contribution in [2.24, 2.45) is 0 Å². The minimum Gasteiger partial charge on any atom is -0.351 e. The summed E-state index contributed by atoms with van der Waals surface area (Å²) < 4.78 is 27.6. The Balaban J connectivity index is 1.82. The summed E-state index contributed by atoms with van der Waals surface area (Å²) in [6, 6.07) is 17.5. The van der Waals surface area contributed by atoms with Crippen molar-refractivity contribution < 1.29 is 13.2 Å². The predicted octanol–water partition coefficient (Wildman–Crippen LogP) is 5.81. The summed E-state index contributed by atoms with van der Waals surface area (Å²) in [5.74, 6) is -0.470. The molecule has 0 aliphatic rings. The summed E-state index contributed by atoms with van der Waals surface area (Å²) in [6.07, 6.45) is 0. The molecule has 0 radical (unpaired) electrons. The Morgan fingerprint density at radius 3 is 1.97 bits per heavy atom. The quantitative estimate of drug-likeness (QED) is 0.399. The Hall–Kier alpha value is -1.80. The monoisotopic (exact) mass is 530 g/mol. The van der Waals surface area contributed by atoms with Crippen LogP contribution in [-0.2, 0) is 27.9 Å². The van der Waals surface area contributed by atoms with Gasteiger partial charge < -0.3 is 5.32 Å². The van der Waals surface area contributed by atoms with Crippen LogP contribution in [0.4, 0.5) is 0 Å². The Bertz CT molecular complexity index is 1200. The van der Waals surface area contributed by atoms with Gasteiger partial charge in [0.25, 0.3) is 0 Å². The first-order chi connectivity index (χ1) is 15.1. The van der Waals surface area contributed by atoms with Crippen molar-refractivity contribution in [2.75, 3.05) is 6.54 Å². The minimum atomic E-state index is -4.02. The summed E-state index contributed by atoms with van der Waals surface area (Å²) in [6.45, 7) is -0.292. The SMILES string of the molecule is O=C(CN(Cc1ccc(Cl)cc1Cl)S(=O)(=O)c1ccc(Cl)cc1)NCc1ccc(Cl)cc1. The lowest BCUT2D eigenvalue weighted by atomic mass is 10.2. The maximum atomic E-state index is 13.3. The van der Waals surface area contributed by atoms with Gasteiger partial charge >= 0.3 is 0 Å². The first-order valence-corrected chi connectivity index (χ1v) is 12.3. The highest BCUT2D eigenvalue weighted by atomic mass is 35.5. The number of nitrogens with one attached hydrogen (secondary N) is 1. The van der Waals surface area contributed by atoms with Crippen molar-refractivity contribution in [3.8, 4) is 0 Å². The summed E-state index contributed by atoms with van der Waals surface area (Å²) in [4.78, 5) is 12.6. The van der Waals surface area contributed by atoms with E-state index in [2.05, 4.69) is 5.32 Å². The highest BCUT2D eigenvalue weighted by Gasteiger charge is 2.27.